The molecule has 2 N–H and O–H groups in total. The third-order valence-electron chi connectivity index (χ3n) is 3.90. The number of hydrogen-bond donors (Lipinski definition) is 2. The van der Waals surface area contributed by atoms with E-state index in [1.54, 1.807) is 12.1 Å². The van der Waals surface area contributed by atoms with Gasteiger partial charge in [0.2, 0.25) is 0 Å². The lowest BCUT2D eigenvalue weighted by Crippen LogP contribution is -2.41. The molecule has 0 aliphatic carbocycles. The van der Waals surface area contributed by atoms with Crippen LogP contribution in [0.5, 0.6) is 0 Å². The van der Waals surface area contributed by atoms with E-state index < -0.39 is 21.8 Å². The molecule has 0 saturated carbocycles. The lowest BCUT2D eigenvalue weighted by Gasteiger charge is -2.14. The summed E-state index contributed by atoms with van der Waals surface area (Å²) in [6.07, 6.45) is 0.857. The van der Waals surface area contributed by atoms with Crippen molar-refractivity contribution in [1.82, 2.24) is 15.3 Å². The Hall–Kier alpha value is -2.75. The van der Waals surface area contributed by atoms with Crippen molar-refractivity contribution >= 4 is 21.8 Å². The van der Waals surface area contributed by atoms with Gasteiger partial charge in [-0.25, -0.2) is 8.42 Å². The number of carbonyl (C=O) groups is 2. The van der Waals surface area contributed by atoms with Gasteiger partial charge in [-0.2, -0.15) is 0 Å². The van der Waals surface area contributed by atoms with Gasteiger partial charge in [0.1, 0.15) is 0 Å². The number of hydrazine groups is 1. The van der Waals surface area contributed by atoms with E-state index >= 15 is 0 Å². The zero-order chi connectivity index (χ0) is 20.0. The zero-order valence-corrected chi connectivity index (χ0v) is 16.0. The summed E-state index contributed by atoms with van der Waals surface area (Å²) in [5.41, 5.74) is 6.13. The fraction of sp³-hybridized carbons (Fsp3) is 0.222. The molecule has 0 aliphatic heterocycles. The predicted molar refractivity (Wildman–Crippen MR) is 99.2 cm³/mol. The molecule has 144 valence electrons. The first-order valence-corrected chi connectivity index (χ1v) is 9.56. The molecule has 0 radical (unpaired) electrons. The van der Waals surface area contributed by atoms with Crippen LogP contribution in [0.25, 0.3) is 0 Å². The molecule has 2 aromatic rings. The van der Waals surface area contributed by atoms with Crippen molar-refractivity contribution in [2.75, 3.05) is 14.2 Å². The molecule has 0 spiro atoms. The van der Waals surface area contributed by atoms with Crippen LogP contribution in [0.2, 0.25) is 0 Å². The number of nitrogens with zero attached hydrogens (tertiary/aromatic N) is 1. The van der Waals surface area contributed by atoms with Gasteiger partial charge >= 0.3 is 0 Å². The van der Waals surface area contributed by atoms with Crippen LogP contribution < -0.4 is 10.9 Å². The Balaban J connectivity index is 2.07. The Morgan fingerprint density at radius 1 is 1.00 bits per heavy atom. The van der Waals surface area contributed by atoms with Crippen LogP contribution >= 0.6 is 0 Å². The van der Waals surface area contributed by atoms with Crippen molar-refractivity contribution in [2.45, 2.75) is 18.2 Å². The van der Waals surface area contributed by atoms with Crippen molar-refractivity contribution < 1.29 is 22.8 Å². The van der Waals surface area contributed by atoms with Crippen LogP contribution in [0.3, 0.4) is 0 Å². The first kappa shape index (κ1) is 20.6. The minimum atomic E-state index is -3.88. The smallest absolute Gasteiger partial charge is 0.269 e. The Morgan fingerprint density at radius 3 is 2.15 bits per heavy atom. The predicted octanol–water partition coefficient (Wildman–Crippen LogP) is 1.51. The summed E-state index contributed by atoms with van der Waals surface area (Å²) in [5, 5.41) is 0. The fourth-order valence-corrected chi connectivity index (χ4v) is 3.21. The van der Waals surface area contributed by atoms with E-state index in [9.17, 15) is 18.0 Å². The molecule has 2 amide bonds. The number of amides is 2. The lowest BCUT2D eigenvalue weighted by molar-refractivity contribution is -0.0258. The fourth-order valence-electron chi connectivity index (χ4n) is 2.19. The average molecular weight is 391 g/mol. The summed E-state index contributed by atoms with van der Waals surface area (Å²) >= 11 is 0. The summed E-state index contributed by atoms with van der Waals surface area (Å²) in [6, 6.07) is 12.4. The number of rotatable bonds is 6. The van der Waals surface area contributed by atoms with Gasteiger partial charge in [-0.3, -0.25) is 25.3 Å². The number of hydroxylamine groups is 1. The van der Waals surface area contributed by atoms with Gasteiger partial charge in [0.05, 0.1) is 12.0 Å². The van der Waals surface area contributed by atoms with Gasteiger partial charge < -0.3 is 0 Å². The summed E-state index contributed by atoms with van der Waals surface area (Å²) in [4.78, 5) is 28.9. The van der Waals surface area contributed by atoms with Gasteiger partial charge in [0, 0.05) is 18.2 Å². The molecule has 0 fully saturated rings. The number of benzene rings is 2. The number of carbonyl (C=O) groups excluding carboxylic acids is 2. The molecule has 0 aromatic heterocycles. The van der Waals surface area contributed by atoms with Crippen molar-refractivity contribution in [2.24, 2.45) is 0 Å². The Morgan fingerprint density at radius 2 is 1.59 bits per heavy atom. The summed E-state index contributed by atoms with van der Waals surface area (Å²) in [7, 11) is -1.42. The topological polar surface area (TPSA) is 105 Å². The van der Waals surface area contributed by atoms with E-state index in [1.165, 1.54) is 38.4 Å². The third kappa shape index (κ3) is 4.91. The molecule has 0 bridgehead atoms. The standard InChI is InChI=1S/C18H21N3O5S/c1-4-13-8-10-14(11-9-13)17(22)19-20-18(23)15-6-5-7-16(12-15)27(24,25)21(2)26-3/h5-12H,4H2,1-3H3,(H,19,22)(H,20,23). The van der Waals surface area contributed by atoms with E-state index in [4.69, 9.17) is 4.84 Å². The molecule has 0 aliphatic rings. The molecule has 0 heterocycles. The zero-order valence-electron chi connectivity index (χ0n) is 15.2. The van der Waals surface area contributed by atoms with Crippen LogP contribution in [0, 0.1) is 0 Å². The largest absolute Gasteiger partial charge is 0.288 e. The van der Waals surface area contributed by atoms with E-state index in [0.29, 0.717) is 10.0 Å². The van der Waals surface area contributed by atoms with Crippen molar-refractivity contribution in [3.05, 3.63) is 65.2 Å². The molecule has 9 heteroatoms. The van der Waals surface area contributed by atoms with Crippen LogP contribution in [-0.2, 0) is 21.3 Å². The summed E-state index contributed by atoms with van der Waals surface area (Å²) in [5.74, 6) is -1.13. The van der Waals surface area contributed by atoms with Crippen LogP contribution in [0.1, 0.15) is 33.2 Å². The van der Waals surface area contributed by atoms with Crippen molar-refractivity contribution in [3.8, 4) is 0 Å². The Kier molecular flexibility index (Phi) is 6.67. The van der Waals surface area contributed by atoms with E-state index in [0.717, 1.165) is 12.0 Å². The van der Waals surface area contributed by atoms with Crippen LogP contribution in [-0.4, -0.2) is 38.9 Å². The second-order valence-corrected chi connectivity index (χ2v) is 7.52. The van der Waals surface area contributed by atoms with Crippen molar-refractivity contribution in [1.29, 1.82) is 0 Å². The minimum Gasteiger partial charge on any atom is -0.288 e. The van der Waals surface area contributed by atoms with Crippen LogP contribution in [0.4, 0.5) is 0 Å². The van der Waals surface area contributed by atoms with Gasteiger partial charge in [0.15, 0.2) is 0 Å². The molecule has 0 saturated heterocycles. The monoisotopic (exact) mass is 391 g/mol. The summed E-state index contributed by atoms with van der Waals surface area (Å²) < 4.78 is 25.2. The maximum absolute atomic E-state index is 12.2. The maximum atomic E-state index is 12.2. The molecular weight excluding hydrogens is 370 g/mol. The molecule has 2 rings (SSSR count). The number of aryl methyl sites for hydroxylation is 1. The van der Waals surface area contributed by atoms with E-state index in [2.05, 4.69) is 10.9 Å². The first-order valence-electron chi connectivity index (χ1n) is 8.12. The minimum absolute atomic E-state index is 0.0715. The number of hydrogen-bond acceptors (Lipinski definition) is 5. The maximum Gasteiger partial charge on any atom is 0.269 e. The summed E-state index contributed by atoms with van der Waals surface area (Å²) in [6.45, 7) is 2.01. The molecule has 27 heavy (non-hydrogen) atoms. The molecular formula is C18H21N3O5S. The molecule has 8 nitrogen and oxygen atoms in total. The van der Waals surface area contributed by atoms with Gasteiger partial charge in [-0.15, -0.1) is 0 Å². The highest BCUT2D eigenvalue weighted by Crippen LogP contribution is 2.16. The Labute approximate surface area is 158 Å². The highest BCUT2D eigenvalue weighted by molar-refractivity contribution is 7.89. The highest BCUT2D eigenvalue weighted by Gasteiger charge is 2.22. The van der Waals surface area contributed by atoms with E-state index in [1.807, 2.05) is 19.1 Å². The Bertz CT molecular complexity index is 926. The SMILES string of the molecule is CCc1ccc(C(=O)NNC(=O)c2cccc(S(=O)(=O)N(C)OC)c2)cc1. The quantitative estimate of drug-likeness (QED) is 0.726. The second-order valence-electron chi connectivity index (χ2n) is 5.58. The van der Waals surface area contributed by atoms with Gasteiger partial charge in [-0.1, -0.05) is 29.6 Å². The molecule has 0 unspecified atom stereocenters. The molecule has 2 aromatic carbocycles. The van der Waals surface area contributed by atoms with Gasteiger partial charge in [0.25, 0.3) is 21.8 Å². The lowest BCUT2D eigenvalue weighted by atomic mass is 10.1. The van der Waals surface area contributed by atoms with E-state index in [-0.39, 0.29) is 10.5 Å². The van der Waals surface area contributed by atoms with Crippen LogP contribution in [0.15, 0.2) is 53.4 Å². The van der Waals surface area contributed by atoms with Crippen molar-refractivity contribution in [3.63, 3.8) is 0 Å². The second kappa shape index (κ2) is 8.76. The first-order chi connectivity index (χ1) is 12.8. The van der Waals surface area contributed by atoms with Gasteiger partial charge in [-0.05, 0) is 42.3 Å². The molecule has 0 atom stereocenters. The number of nitrogens with one attached hydrogen (secondary N) is 2. The normalized spacial score (nSPS) is 11.3. The number of sulfonamides is 1. The highest BCUT2D eigenvalue weighted by atomic mass is 32.2. The third-order valence-corrected chi connectivity index (χ3v) is 5.58. The average Bonchev–Trinajstić information content (AvgIpc) is 2.71.